The van der Waals surface area contributed by atoms with E-state index in [-0.39, 0.29) is 11.4 Å². The Morgan fingerprint density at radius 1 is 1.40 bits per heavy atom. The third kappa shape index (κ3) is 1.78. The minimum atomic E-state index is -0.145. The second-order valence-electron chi connectivity index (χ2n) is 5.19. The zero-order valence-electron chi connectivity index (χ0n) is 8.75. The van der Waals surface area contributed by atoms with E-state index in [4.69, 9.17) is 5.73 Å². The van der Waals surface area contributed by atoms with Crippen LogP contribution in [-0.4, -0.2) is 5.54 Å². The molecule has 2 aliphatic carbocycles. The summed E-state index contributed by atoms with van der Waals surface area (Å²) >= 11 is 0. The Balaban J connectivity index is 1.74. The summed E-state index contributed by atoms with van der Waals surface area (Å²) in [6.45, 7) is 0. The van der Waals surface area contributed by atoms with Crippen LogP contribution >= 0.6 is 0 Å². The van der Waals surface area contributed by atoms with Crippen LogP contribution in [0.3, 0.4) is 0 Å². The van der Waals surface area contributed by atoms with Gasteiger partial charge in [-0.2, -0.15) is 0 Å². The van der Waals surface area contributed by atoms with Gasteiger partial charge in [0.25, 0.3) is 0 Å². The fraction of sp³-hybridized carbons (Fsp3) is 0.538. The quantitative estimate of drug-likeness (QED) is 0.806. The number of hydrogen-bond donors (Lipinski definition) is 1. The number of hydrogen-bond acceptors (Lipinski definition) is 1. The lowest BCUT2D eigenvalue weighted by molar-refractivity contribution is 0.543. The second kappa shape index (κ2) is 3.05. The van der Waals surface area contributed by atoms with Crippen molar-refractivity contribution < 1.29 is 4.39 Å². The molecule has 2 aliphatic rings. The molecule has 1 nitrogen and oxygen atoms in total. The Kier molecular flexibility index (Phi) is 1.90. The average molecular weight is 205 g/mol. The van der Waals surface area contributed by atoms with Crippen LogP contribution in [0.15, 0.2) is 24.3 Å². The molecule has 0 aliphatic heterocycles. The monoisotopic (exact) mass is 205 g/mol. The topological polar surface area (TPSA) is 26.0 Å². The van der Waals surface area contributed by atoms with E-state index in [0.29, 0.717) is 5.92 Å². The Bertz CT molecular complexity index is 386. The van der Waals surface area contributed by atoms with Crippen LogP contribution in [0, 0.1) is 11.7 Å². The van der Waals surface area contributed by atoms with Crippen molar-refractivity contribution in [3.8, 4) is 0 Å². The normalized spacial score (nSPS) is 34.1. The smallest absolute Gasteiger partial charge is 0.123 e. The molecule has 2 unspecified atom stereocenters. The molecule has 80 valence electrons. The highest BCUT2D eigenvalue weighted by Gasteiger charge is 2.53. The van der Waals surface area contributed by atoms with Crippen LogP contribution in [0.4, 0.5) is 4.39 Å². The molecular formula is C13H16FN. The van der Waals surface area contributed by atoms with Gasteiger partial charge in [0.15, 0.2) is 0 Å². The van der Waals surface area contributed by atoms with Crippen LogP contribution in [0.25, 0.3) is 0 Å². The van der Waals surface area contributed by atoms with Crippen molar-refractivity contribution >= 4 is 0 Å². The van der Waals surface area contributed by atoms with Gasteiger partial charge in [0.05, 0.1) is 0 Å². The van der Waals surface area contributed by atoms with Gasteiger partial charge >= 0.3 is 0 Å². The molecule has 1 aromatic rings. The zero-order chi connectivity index (χ0) is 10.5. The molecule has 3 rings (SSSR count). The van der Waals surface area contributed by atoms with Gasteiger partial charge < -0.3 is 5.73 Å². The predicted octanol–water partition coefficient (Wildman–Crippen LogP) is 2.81. The summed E-state index contributed by atoms with van der Waals surface area (Å²) in [5, 5.41) is 0. The summed E-state index contributed by atoms with van der Waals surface area (Å²) in [4.78, 5) is 0. The van der Waals surface area contributed by atoms with Crippen LogP contribution in [0.1, 0.15) is 37.2 Å². The standard InChI is InChI=1S/C13H16FN/c14-11-3-1-2-10(6-11)12-8-13(12,15)7-9-4-5-9/h1-3,6,9,12H,4-5,7-8,15H2. The number of rotatable bonds is 3. The van der Waals surface area contributed by atoms with E-state index in [1.54, 1.807) is 12.1 Å². The maximum absolute atomic E-state index is 13.0. The fourth-order valence-electron chi connectivity index (χ4n) is 2.58. The van der Waals surface area contributed by atoms with Gasteiger partial charge in [-0.1, -0.05) is 25.0 Å². The first-order chi connectivity index (χ1) is 7.17. The molecule has 2 saturated carbocycles. The Hall–Kier alpha value is -0.890. The lowest BCUT2D eigenvalue weighted by Crippen LogP contribution is -2.25. The largest absolute Gasteiger partial charge is 0.325 e. The molecule has 0 spiro atoms. The summed E-state index contributed by atoms with van der Waals surface area (Å²) in [6.07, 6.45) is 4.85. The van der Waals surface area contributed by atoms with Crippen molar-refractivity contribution in [3.05, 3.63) is 35.6 Å². The highest BCUT2D eigenvalue weighted by atomic mass is 19.1. The van der Waals surface area contributed by atoms with Gasteiger partial charge in [-0.25, -0.2) is 4.39 Å². The maximum atomic E-state index is 13.0. The van der Waals surface area contributed by atoms with Gasteiger partial charge in [-0.05, 0) is 36.5 Å². The minimum absolute atomic E-state index is 0.0189. The van der Waals surface area contributed by atoms with Crippen molar-refractivity contribution in [2.24, 2.45) is 11.7 Å². The number of halogens is 1. The third-order valence-electron chi connectivity index (χ3n) is 3.73. The van der Waals surface area contributed by atoms with Crippen LogP contribution in [-0.2, 0) is 0 Å². The molecule has 2 N–H and O–H groups in total. The van der Waals surface area contributed by atoms with Gasteiger partial charge in [-0.15, -0.1) is 0 Å². The summed E-state index contributed by atoms with van der Waals surface area (Å²) in [5.41, 5.74) is 7.35. The van der Waals surface area contributed by atoms with Crippen LogP contribution in [0.5, 0.6) is 0 Å². The van der Waals surface area contributed by atoms with Crippen LogP contribution in [0.2, 0.25) is 0 Å². The summed E-state index contributed by atoms with van der Waals surface area (Å²) in [5.74, 6) is 1.11. The second-order valence-corrected chi connectivity index (χ2v) is 5.19. The van der Waals surface area contributed by atoms with E-state index in [9.17, 15) is 4.39 Å². The van der Waals surface area contributed by atoms with Gasteiger partial charge in [0.2, 0.25) is 0 Å². The molecule has 2 fully saturated rings. The Morgan fingerprint density at radius 2 is 2.20 bits per heavy atom. The van der Waals surface area contributed by atoms with Gasteiger partial charge in [0.1, 0.15) is 5.82 Å². The van der Waals surface area contributed by atoms with E-state index >= 15 is 0 Å². The van der Waals surface area contributed by atoms with E-state index in [1.165, 1.54) is 18.9 Å². The first kappa shape index (κ1) is 9.34. The van der Waals surface area contributed by atoms with Crippen molar-refractivity contribution in [2.45, 2.75) is 37.1 Å². The van der Waals surface area contributed by atoms with Gasteiger partial charge in [-0.3, -0.25) is 0 Å². The number of benzene rings is 1. The van der Waals surface area contributed by atoms with Crippen molar-refractivity contribution in [3.63, 3.8) is 0 Å². The summed E-state index contributed by atoms with van der Waals surface area (Å²) < 4.78 is 13.0. The molecule has 0 amide bonds. The molecule has 15 heavy (non-hydrogen) atoms. The predicted molar refractivity (Wildman–Crippen MR) is 58.0 cm³/mol. The van der Waals surface area contributed by atoms with E-state index in [1.807, 2.05) is 6.07 Å². The minimum Gasteiger partial charge on any atom is -0.325 e. The molecule has 1 aromatic carbocycles. The molecule has 2 atom stereocenters. The lowest BCUT2D eigenvalue weighted by Gasteiger charge is -2.10. The van der Waals surface area contributed by atoms with E-state index < -0.39 is 0 Å². The molecule has 0 heterocycles. The van der Waals surface area contributed by atoms with E-state index in [2.05, 4.69) is 0 Å². The van der Waals surface area contributed by atoms with Gasteiger partial charge in [0, 0.05) is 11.5 Å². The van der Waals surface area contributed by atoms with Crippen molar-refractivity contribution in [1.82, 2.24) is 0 Å². The maximum Gasteiger partial charge on any atom is 0.123 e. The molecule has 0 bridgehead atoms. The zero-order valence-corrected chi connectivity index (χ0v) is 8.75. The summed E-state index contributed by atoms with van der Waals surface area (Å²) in [7, 11) is 0. The lowest BCUT2D eigenvalue weighted by atomic mass is 10.0. The highest BCUT2D eigenvalue weighted by molar-refractivity contribution is 5.33. The first-order valence-corrected chi connectivity index (χ1v) is 5.72. The molecule has 0 aromatic heterocycles. The first-order valence-electron chi connectivity index (χ1n) is 5.72. The molecule has 0 radical (unpaired) electrons. The Morgan fingerprint density at radius 3 is 2.87 bits per heavy atom. The van der Waals surface area contributed by atoms with Crippen LogP contribution < -0.4 is 5.73 Å². The highest BCUT2D eigenvalue weighted by Crippen LogP contribution is 2.55. The summed E-state index contributed by atoms with van der Waals surface area (Å²) in [6, 6.07) is 6.90. The molecule has 0 saturated heterocycles. The number of nitrogens with two attached hydrogens (primary N) is 1. The SMILES string of the molecule is NC1(CC2CC2)CC1c1cccc(F)c1. The fourth-order valence-corrected chi connectivity index (χ4v) is 2.58. The molecular weight excluding hydrogens is 189 g/mol. The van der Waals surface area contributed by atoms with E-state index in [0.717, 1.165) is 24.3 Å². The average Bonchev–Trinajstić information content (AvgIpc) is 3.07. The Labute approximate surface area is 89.5 Å². The molecule has 2 heteroatoms. The van der Waals surface area contributed by atoms with Crippen molar-refractivity contribution in [2.75, 3.05) is 0 Å². The van der Waals surface area contributed by atoms with Crippen molar-refractivity contribution in [1.29, 1.82) is 0 Å². The third-order valence-corrected chi connectivity index (χ3v) is 3.73.